The van der Waals surface area contributed by atoms with Crippen LogP contribution < -0.4 is 10.2 Å². The van der Waals surface area contributed by atoms with Crippen LogP contribution in [0.4, 0.5) is 0 Å². The van der Waals surface area contributed by atoms with Crippen molar-refractivity contribution < 1.29 is 4.74 Å². The molecule has 0 unspecified atom stereocenters. The first-order chi connectivity index (χ1) is 10.7. The van der Waals surface area contributed by atoms with E-state index >= 15 is 0 Å². The first-order valence-electron chi connectivity index (χ1n) is 7.12. The summed E-state index contributed by atoms with van der Waals surface area (Å²) < 4.78 is 5.53. The fourth-order valence-corrected chi connectivity index (χ4v) is 2.35. The molecule has 0 spiro atoms. The SMILES string of the molecule is CCCOc1ccc(/C=N/NCc2c(Cl)cccc2Cl)cc1. The molecule has 2 rings (SSSR count). The van der Waals surface area contributed by atoms with Crippen molar-refractivity contribution in [3.8, 4) is 5.75 Å². The van der Waals surface area contributed by atoms with Crippen LogP contribution in [0.1, 0.15) is 24.5 Å². The minimum absolute atomic E-state index is 0.479. The van der Waals surface area contributed by atoms with Gasteiger partial charge in [-0.2, -0.15) is 5.10 Å². The maximum absolute atomic E-state index is 6.09. The highest BCUT2D eigenvalue weighted by Gasteiger charge is 2.03. The summed E-state index contributed by atoms with van der Waals surface area (Å²) in [6, 6.07) is 13.2. The van der Waals surface area contributed by atoms with E-state index < -0.39 is 0 Å². The number of hydrogen-bond donors (Lipinski definition) is 1. The molecule has 3 nitrogen and oxygen atoms in total. The lowest BCUT2D eigenvalue weighted by atomic mass is 10.2. The summed E-state index contributed by atoms with van der Waals surface area (Å²) in [6.45, 7) is 3.29. The fraction of sp³-hybridized carbons (Fsp3) is 0.235. The fourth-order valence-electron chi connectivity index (χ4n) is 1.82. The lowest BCUT2D eigenvalue weighted by Crippen LogP contribution is -2.06. The highest BCUT2D eigenvalue weighted by molar-refractivity contribution is 6.35. The Labute approximate surface area is 140 Å². The van der Waals surface area contributed by atoms with Crippen molar-refractivity contribution in [2.75, 3.05) is 6.61 Å². The molecule has 0 radical (unpaired) electrons. The minimum atomic E-state index is 0.479. The Bertz CT molecular complexity index is 607. The third-order valence-electron chi connectivity index (χ3n) is 2.98. The summed E-state index contributed by atoms with van der Waals surface area (Å²) in [6.07, 6.45) is 2.74. The van der Waals surface area contributed by atoms with Gasteiger partial charge in [0.1, 0.15) is 5.75 Å². The average molecular weight is 337 g/mol. The molecular formula is C17H18Cl2N2O. The largest absolute Gasteiger partial charge is 0.494 e. The molecule has 0 heterocycles. The number of nitrogens with zero attached hydrogens (tertiary/aromatic N) is 1. The van der Waals surface area contributed by atoms with Gasteiger partial charge in [-0.25, -0.2) is 0 Å². The van der Waals surface area contributed by atoms with Gasteiger partial charge in [0.25, 0.3) is 0 Å². The molecule has 0 amide bonds. The quantitative estimate of drug-likeness (QED) is 0.575. The molecule has 0 atom stereocenters. The normalized spacial score (nSPS) is 10.9. The summed E-state index contributed by atoms with van der Waals surface area (Å²) in [4.78, 5) is 0. The third-order valence-corrected chi connectivity index (χ3v) is 3.68. The van der Waals surface area contributed by atoms with E-state index in [1.807, 2.05) is 42.5 Å². The maximum Gasteiger partial charge on any atom is 0.119 e. The lowest BCUT2D eigenvalue weighted by Gasteiger charge is -2.06. The molecule has 0 aliphatic rings. The van der Waals surface area contributed by atoms with Gasteiger partial charge in [0.05, 0.1) is 19.4 Å². The van der Waals surface area contributed by atoms with E-state index in [1.54, 1.807) is 6.21 Å². The van der Waals surface area contributed by atoms with Crippen LogP contribution in [0.15, 0.2) is 47.6 Å². The predicted molar refractivity (Wildman–Crippen MR) is 93.1 cm³/mol. The highest BCUT2D eigenvalue weighted by Crippen LogP contribution is 2.23. The van der Waals surface area contributed by atoms with Gasteiger partial charge in [0.15, 0.2) is 0 Å². The van der Waals surface area contributed by atoms with Crippen LogP contribution >= 0.6 is 23.2 Å². The second kappa shape index (κ2) is 8.66. The number of halogens is 2. The van der Waals surface area contributed by atoms with Crippen molar-refractivity contribution in [3.63, 3.8) is 0 Å². The minimum Gasteiger partial charge on any atom is -0.494 e. The van der Waals surface area contributed by atoms with Gasteiger partial charge in [-0.05, 0) is 48.4 Å². The lowest BCUT2D eigenvalue weighted by molar-refractivity contribution is 0.317. The van der Waals surface area contributed by atoms with Gasteiger partial charge in [-0.1, -0.05) is 36.2 Å². The van der Waals surface area contributed by atoms with Gasteiger partial charge in [-0.15, -0.1) is 0 Å². The molecule has 0 saturated heterocycles. The third kappa shape index (κ3) is 4.93. The standard InChI is InChI=1S/C17H18Cl2N2O/c1-2-10-22-14-8-6-13(7-9-14)11-20-21-12-15-16(18)4-3-5-17(15)19/h3-9,11,21H,2,10,12H2,1H3/b20-11+. The smallest absolute Gasteiger partial charge is 0.119 e. The van der Waals surface area contributed by atoms with Crippen LogP contribution in [0.2, 0.25) is 10.0 Å². The monoisotopic (exact) mass is 336 g/mol. The number of benzene rings is 2. The van der Waals surface area contributed by atoms with Crippen LogP contribution in [0.25, 0.3) is 0 Å². The number of hydrazone groups is 1. The Balaban J connectivity index is 1.87. The molecule has 0 saturated carbocycles. The number of rotatable bonds is 7. The Morgan fingerprint density at radius 2 is 1.77 bits per heavy atom. The zero-order valence-corrected chi connectivity index (χ0v) is 13.9. The highest BCUT2D eigenvalue weighted by atomic mass is 35.5. The molecule has 0 fully saturated rings. The Morgan fingerprint density at radius 3 is 2.41 bits per heavy atom. The zero-order chi connectivity index (χ0) is 15.8. The average Bonchev–Trinajstić information content (AvgIpc) is 2.53. The molecule has 1 N–H and O–H groups in total. The summed E-state index contributed by atoms with van der Waals surface area (Å²) in [5, 5.41) is 5.44. The Morgan fingerprint density at radius 1 is 1.09 bits per heavy atom. The molecule has 0 aromatic heterocycles. The van der Waals surface area contributed by atoms with Crippen LogP contribution in [-0.4, -0.2) is 12.8 Å². The van der Waals surface area contributed by atoms with E-state index in [2.05, 4.69) is 17.5 Å². The van der Waals surface area contributed by atoms with E-state index in [0.717, 1.165) is 29.9 Å². The van der Waals surface area contributed by atoms with Crippen molar-refractivity contribution in [2.24, 2.45) is 5.10 Å². The maximum atomic E-state index is 6.09. The second-order valence-corrected chi connectivity index (χ2v) is 5.53. The van der Waals surface area contributed by atoms with Crippen LogP contribution in [0.5, 0.6) is 5.75 Å². The molecule has 22 heavy (non-hydrogen) atoms. The molecule has 2 aromatic carbocycles. The van der Waals surface area contributed by atoms with E-state index in [0.29, 0.717) is 16.6 Å². The topological polar surface area (TPSA) is 33.6 Å². The first-order valence-corrected chi connectivity index (χ1v) is 7.88. The second-order valence-electron chi connectivity index (χ2n) is 4.71. The van der Waals surface area contributed by atoms with Crippen LogP contribution in [0, 0.1) is 0 Å². The Hall–Kier alpha value is -1.71. The molecule has 116 valence electrons. The number of ether oxygens (including phenoxy) is 1. The van der Waals surface area contributed by atoms with Crippen molar-refractivity contribution in [3.05, 3.63) is 63.6 Å². The van der Waals surface area contributed by atoms with Crippen LogP contribution in [0.3, 0.4) is 0 Å². The van der Waals surface area contributed by atoms with E-state index in [-0.39, 0.29) is 0 Å². The molecule has 5 heteroatoms. The molecule has 0 aliphatic heterocycles. The molecular weight excluding hydrogens is 319 g/mol. The van der Waals surface area contributed by atoms with E-state index in [9.17, 15) is 0 Å². The summed E-state index contributed by atoms with van der Waals surface area (Å²) in [7, 11) is 0. The van der Waals surface area contributed by atoms with Crippen molar-refractivity contribution >= 4 is 29.4 Å². The molecule has 0 bridgehead atoms. The van der Waals surface area contributed by atoms with E-state index in [1.165, 1.54) is 0 Å². The first kappa shape index (κ1) is 16.7. The van der Waals surface area contributed by atoms with Crippen molar-refractivity contribution in [1.29, 1.82) is 0 Å². The van der Waals surface area contributed by atoms with Gasteiger partial charge in [-0.3, -0.25) is 0 Å². The van der Waals surface area contributed by atoms with Crippen LogP contribution in [-0.2, 0) is 6.54 Å². The van der Waals surface area contributed by atoms with E-state index in [4.69, 9.17) is 27.9 Å². The van der Waals surface area contributed by atoms with Gasteiger partial charge in [0.2, 0.25) is 0 Å². The Kier molecular flexibility index (Phi) is 6.56. The zero-order valence-electron chi connectivity index (χ0n) is 12.4. The predicted octanol–water partition coefficient (Wildman–Crippen LogP) is 4.91. The van der Waals surface area contributed by atoms with Crippen molar-refractivity contribution in [2.45, 2.75) is 19.9 Å². The molecule has 0 aliphatic carbocycles. The summed E-state index contributed by atoms with van der Waals surface area (Å²) in [5.41, 5.74) is 4.78. The van der Waals surface area contributed by atoms with Gasteiger partial charge < -0.3 is 10.2 Å². The molecule has 2 aromatic rings. The van der Waals surface area contributed by atoms with Gasteiger partial charge >= 0.3 is 0 Å². The summed E-state index contributed by atoms with van der Waals surface area (Å²) in [5.74, 6) is 0.870. The number of nitrogens with one attached hydrogen (secondary N) is 1. The number of hydrogen-bond acceptors (Lipinski definition) is 3. The van der Waals surface area contributed by atoms with Gasteiger partial charge in [0, 0.05) is 15.6 Å². The summed E-state index contributed by atoms with van der Waals surface area (Å²) >= 11 is 12.2. The van der Waals surface area contributed by atoms with Crippen molar-refractivity contribution in [1.82, 2.24) is 5.43 Å².